The van der Waals surface area contributed by atoms with E-state index >= 15 is 0 Å². The van der Waals surface area contributed by atoms with E-state index in [1.54, 1.807) is 12.1 Å². The summed E-state index contributed by atoms with van der Waals surface area (Å²) in [5.41, 5.74) is 0.599. The van der Waals surface area contributed by atoms with Crippen LogP contribution in [0.4, 0.5) is 10.5 Å². The van der Waals surface area contributed by atoms with Gasteiger partial charge in [0.25, 0.3) is 0 Å². The monoisotopic (exact) mass is 324 g/mol. The third-order valence-electron chi connectivity index (χ3n) is 2.84. The van der Waals surface area contributed by atoms with Crippen molar-refractivity contribution in [2.24, 2.45) is 5.92 Å². The van der Waals surface area contributed by atoms with Crippen molar-refractivity contribution in [3.8, 4) is 17.2 Å². The highest BCUT2D eigenvalue weighted by atomic mass is 16.5. The smallest absolute Gasteiger partial charge is 0.319 e. The Morgan fingerprint density at radius 2 is 1.52 bits per heavy atom. The van der Waals surface area contributed by atoms with Crippen LogP contribution < -0.4 is 24.8 Å². The maximum atomic E-state index is 11.9. The molecule has 0 aliphatic carbocycles. The predicted molar refractivity (Wildman–Crippen MR) is 91.8 cm³/mol. The van der Waals surface area contributed by atoms with Gasteiger partial charge in [-0.1, -0.05) is 13.8 Å². The second kappa shape index (κ2) is 9.82. The zero-order chi connectivity index (χ0) is 17.2. The molecule has 0 atom stereocenters. The van der Waals surface area contributed by atoms with Gasteiger partial charge in [-0.2, -0.15) is 0 Å². The van der Waals surface area contributed by atoms with E-state index in [9.17, 15) is 4.79 Å². The van der Waals surface area contributed by atoms with Gasteiger partial charge in [-0.15, -0.1) is 0 Å². The summed E-state index contributed by atoms with van der Waals surface area (Å²) < 4.78 is 16.9. The van der Waals surface area contributed by atoms with Crippen molar-refractivity contribution in [3.05, 3.63) is 12.1 Å². The molecule has 1 aromatic rings. The zero-order valence-corrected chi connectivity index (χ0v) is 14.7. The summed E-state index contributed by atoms with van der Waals surface area (Å²) in [4.78, 5) is 11.9. The minimum Gasteiger partial charge on any atom is -0.490 e. The molecular weight excluding hydrogens is 296 g/mol. The third kappa shape index (κ3) is 6.26. The van der Waals surface area contributed by atoms with E-state index in [0.29, 0.717) is 55.2 Å². The Labute approximate surface area is 138 Å². The fraction of sp³-hybridized carbons (Fsp3) is 0.588. The van der Waals surface area contributed by atoms with E-state index in [1.165, 1.54) is 0 Å². The minimum absolute atomic E-state index is 0.257. The van der Waals surface area contributed by atoms with E-state index in [1.807, 2.05) is 34.6 Å². The van der Waals surface area contributed by atoms with Gasteiger partial charge >= 0.3 is 6.03 Å². The summed E-state index contributed by atoms with van der Waals surface area (Å²) >= 11 is 0. The maximum Gasteiger partial charge on any atom is 0.319 e. The molecule has 2 amide bonds. The summed E-state index contributed by atoms with van der Waals surface area (Å²) in [5, 5.41) is 5.61. The molecule has 1 aromatic carbocycles. The van der Waals surface area contributed by atoms with Crippen molar-refractivity contribution >= 4 is 11.7 Å². The molecule has 0 spiro atoms. The normalized spacial score (nSPS) is 10.3. The second-order valence-electron chi connectivity index (χ2n) is 5.33. The van der Waals surface area contributed by atoms with Gasteiger partial charge in [0, 0.05) is 18.7 Å². The third-order valence-corrected chi connectivity index (χ3v) is 2.84. The van der Waals surface area contributed by atoms with Gasteiger partial charge < -0.3 is 24.8 Å². The van der Waals surface area contributed by atoms with Crippen LogP contribution in [-0.4, -0.2) is 32.4 Å². The molecule has 130 valence electrons. The van der Waals surface area contributed by atoms with E-state index in [4.69, 9.17) is 14.2 Å². The van der Waals surface area contributed by atoms with Crippen LogP contribution in [0.1, 0.15) is 34.6 Å². The first-order valence-corrected chi connectivity index (χ1v) is 8.13. The molecule has 0 aliphatic rings. The molecule has 0 unspecified atom stereocenters. The second-order valence-corrected chi connectivity index (χ2v) is 5.33. The Balaban J connectivity index is 3.00. The molecule has 2 N–H and O–H groups in total. The lowest BCUT2D eigenvalue weighted by Gasteiger charge is -2.17. The van der Waals surface area contributed by atoms with Crippen molar-refractivity contribution in [1.29, 1.82) is 0 Å². The van der Waals surface area contributed by atoms with Crippen LogP contribution >= 0.6 is 0 Å². The van der Waals surface area contributed by atoms with Crippen molar-refractivity contribution in [2.45, 2.75) is 34.6 Å². The van der Waals surface area contributed by atoms with Gasteiger partial charge in [0.2, 0.25) is 5.75 Å². The lowest BCUT2D eigenvalue weighted by atomic mass is 10.2. The van der Waals surface area contributed by atoms with E-state index in [-0.39, 0.29) is 6.03 Å². The van der Waals surface area contributed by atoms with Gasteiger partial charge in [0.15, 0.2) is 11.5 Å². The number of ether oxygens (including phenoxy) is 3. The zero-order valence-electron chi connectivity index (χ0n) is 14.7. The summed E-state index contributed by atoms with van der Waals surface area (Å²) in [5.74, 6) is 2.06. The molecule has 6 heteroatoms. The van der Waals surface area contributed by atoms with Crippen LogP contribution in [0.15, 0.2) is 12.1 Å². The molecule has 0 saturated carbocycles. The van der Waals surface area contributed by atoms with Crippen LogP contribution in [0.2, 0.25) is 0 Å². The molecule has 0 aromatic heterocycles. The fourth-order valence-corrected chi connectivity index (χ4v) is 1.93. The number of carbonyl (C=O) groups is 1. The standard InChI is InChI=1S/C17H28N2O4/c1-6-21-14-9-13(19-17(20)18-11-12(4)5)10-15(22-7-2)16(14)23-8-3/h9-10,12H,6-8,11H2,1-5H3,(H2,18,19,20). The highest BCUT2D eigenvalue weighted by Crippen LogP contribution is 2.40. The lowest BCUT2D eigenvalue weighted by molar-refractivity contribution is 0.250. The number of amides is 2. The predicted octanol–water partition coefficient (Wildman–Crippen LogP) is 3.66. The fourth-order valence-electron chi connectivity index (χ4n) is 1.93. The van der Waals surface area contributed by atoms with Crippen LogP contribution in [0.5, 0.6) is 17.2 Å². The highest BCUT2D eigenvalue weighted by Gasteiger charge is 2.16. The van der Waals surface area contributed by atoms with E-state index in [0.717, 1.165) is 0 Å². The van der Waals surface area contributed by atoms with Crippen molar-refractivity contribution in [3.63, 3.8) is 0 Å². The number of rotatable bonds is 9. The van der Waals surface area contributed by atoms with E-state index < -0.39 is 0 Å². The van der Waals surface area contributed by atoms with Gasteiger partial charge in [-0.25, -0.2) is 4.79 Å². The first-order valence-electron chi connectivity index (χ1n) is 8.13. The largest absolute Gasteiger partial charge is 0.490 e. The topological polar surface area (TPSA) is 68.8 Å². The van der Waals surface area contributed by atoms with Gasteiger partial charge in [0.05, 0.1) is 25.5 Å². The first-order chi connectivity index (χ1) is 11.0. The Morgan fingerprint density at radius 1 is 1.00 bits per heavy atom. The Kier molecular flexibility index (Phi) is 8.08. The summed E-state index contributed by atoms with van der Waals surface area (Å²) in [6.45, 7) is 11.9. The summed E-state index contributed by atoms with van der Waals surface area (Å²) in [6.07, 6.45) is 0. The highest BCUT2D eigenvalue weighted by molar-refractivity contribution is 5.90. The number of nitrogens with one attached hydrogen (secondary N) is 2. The Morgan fingerprint density at radius 3 is 1.96 bits per heavy atom. The van der Waals surface area contributed by atoms with Gasteiger partial charge in [0.1, 0.15) is 0 Å². The first kappa shape index (κ1) is 18.9. The number of hydrogen-bond donors (Lipinski definition) is 2. The van der Waals surface area contributed by atoms with Crippen molar-refractivity contribution in [1.82, 2.24) is 5.32 Å². The number of anilines is 1. The molecule has 0 fully saturated rings. The molecule has 0 saturated heterocycles. The van der Waals surface area contributed by atoms with E-state index in [2.05, 4.69) is 10.6 Å². The Bertz CT molecular complexity index is 476. The number of benzene rings is 1. The molecule has 6 nitrogen and oxygen atoms in total. The SMILES string of the molecule is CCOc1cc(NC(=O)NCC(C)C)cc(OCC)c1OCC. The number of hydrogen-bond acceptors (Lipinski definition) is 4. The number of carbonyl (C=O) groups excluding carboxylic acids is 1. The molecule has 23 heavy (non-hydrogen) atoms. The van der Waals surface area contributed by atoms with Crippen molar-refractivity contribution < 1.29 is 19.0 Å². The minimum atomic E-state index is -0.257. The van der Waals surface area contributed by atoms with Crippen LogP contribution in [0, 0.1) is 5.92 Å². The quantitative estimate of drug-likeness (QED) is 0.727. The Hall–Kier alpha value is -2.11. The summed E-state index contributed by atoms with van der Waals surface area (Å²) in [6, 6.07) is 3.23. The lowest BCUT2D eigenvalue weighted by Crippen LogP contribution is -2.31. The molecule has 0 heterocycles. The average molecular weight is 324 g/mol. The summed E-state index contributed by atoms with van der Waals surface area (Å²) in [7, 11) is 0. The van der Waals surface area contributed by atoms with Gasteiger partial charge in [-0.3, -0.25) is 0 Å². The van der Waals surface area contributed by atoms with Crippen LogP contribution in [0.3, 0.4) is 0 Å². The molecule has 0 bridgehead atoms. The maximum absolute atomic E-state index is 11.9. The average Bonchev–Trinajstić information content (AvgIpc) is 2.49. The molecular formula is C17H28N2O4. The molecule has 1 rings (SSSR count). The number of urea groups is 1. The van der Waals surface area contributed by atoms with Crippen LogP contribution in [0.25, 0.3) is 0 Å². The molecule has 0 aliphatic heterocycles. The van der Waals surface area contributed by atoms with Crippen LogP contribution in [-0.2, 0) is 0 Å². The molecule has 0 radical (unpaired) electrons. The van der Waals surface area contributed by atoms with Gasteiger partial charge in [-0.05, 0) is 26.7 Å². The van der Waals surface area contributed by atoms with Crippen molar-refractivity contribution in [2.75, 3.05) is 31.7 Å².